The average Bonchev–Trinajstić information content (AvgIpc) is 2.76. The van der Waals surface area contributed by atoms with Crippen molar-refractivity contribution in [2.45, 2.75) is 44.7 Å². The fourth-order valence-corrected chi connectivity index (χ4v) is 7.44. The fraction of sp³-hybridized carbons (Fsp3) is 0.714. The van der Waals surface area contributed by atoms with E-state index < -0.39 is 10.0 Å². The van der Waals surface area contributed by atoms with Crippen LogP contribution in [-0.4, -0.2) is 32.4 Å². The summed E-state index contributed by atoms with van der Waals surface area (Å²) in [7, 11) is -1.58. The molecule has 1 saturated heterocycles. The highest BCUT2D eigenvalue weighted by molar-refractivity contribution is 9.11. The maximum absolute atomic E-state index is 13.0. The van der Waals surface area contributed by atoms with Crippen LogP contribution in [0.2, 0.25) is 0 Å². The van der Waals surface area contributed by atoms with Crippen LogP contribution >= 0.6 is 27.3 Å². The molecule has 0 spiro atoms. The van der Waals surface area contributed by atoms with Crippen LogP contribution in [0, 0.1) is 11.8 Å². The van der Waals surface area contributed by atoms with Crippen molar-refractivity contribution in [3.8, 4) is 0 Å². The Bertz CT molecular complexity index is 600. The number of nitrogens with zero attached hydrogens (tertiary/aromatic N) is 1. The van der Waals surface area contributed by atoms with Crippen LogP contribution in [0.4, 0.5) is 0 Å². The normalized spacial score (nSPS) is 28.0. The molecule has 0 amide bonds. The number of hydrogen-bond acceptors (Lipinski definition) is 4. The zero-order valence-electron chi connectivity index (χ0n) is 12.9. The van der Waals surface area contributed by atoms with Crippen LogP contribution in [-0.2, 0) is 16.6 Å². The Labute approximate surface area is 140 Å². The van der Waals surface area contributed by atoms with Crippen LogP contribution < -0.4 is 5.32 Å². The van der Waals surface area contributed by atoms with Crippen LogP contribution in [0.1, 0.15) is 32.1 Å². The number of halogens is 1. The number of hydrogen-bond donors (Lipinski definition) is 1. The summed E-state index contributed by atoms with van der Waals surface area (Å²) in [6.07, 6.45) is 1.09. The lowest BCUT2D eigenvalue weighted by molar-refractivity contribution is 0.157. The van der Waals surface area contributed by atoms with E-state index in [1.807, 2.05) is 14.0 Å². The van der Waals surface area contributed by atoms with Gasteiger partial charge < -0.3 is 5.32 Å². The minimum absolute atomic E-state index is 0.0470. The first kappa shape index (κ1) is 17.4. The zero-order chi connectivity index (χ0) is 15.8. The van der Waals surface area contributed by atoms with Crippen LogP contribution in [0.15, 0.2) is 14.7 Å². The molecule has 2 rings (SSSR count). The Balaban J connectivity index is 2.36. The summed E-state index contributed by atoms with van der Waals surface area (Å²) in [5, 5.41) is 3.06. The van der Waals surface area contributed by atoms with Gasteiger partial charge in [-0.3, -0.25) is 0 Å². The first-order chi connectivity index (χ1) is 9.77. The molecule has 3 atom stereocenters. The standard InChI is InChI=1S/C14H23BrN2O2S2/c1-9-5-10(2)11(3)17(8-9)21(18,19)13-6-12(7-16-4)20-14(13)15/h6,9-11,16H,5,7-8H2,1-4H3. The quantitative estimate of drug-likeness (QED) is 0.851. The molecule has 1 aromatic rings. The minimum Gasteiger partial charge on any atom is -0.315 e. The van der Waals surface area contributed by atoms with E-state index in [0.717, 1.165) is 11.3 Å². The van der Waals surface area contributed by atoms with Crippen molar-refractivity contribution < 1.29 is 8.42 Å². The predicted molar refractivity (Wildman–Crippen MR) is 91.1 cm³/mol. The molecule has 120 valence electrons. The van der Waals surface area contributed by atoms with Gasteiger partial charge in [-0.15, -0.1) is 11.3 Å². The molecule has 2 heterocycles. The average molecular weight is 395 g/mol. The fourth-order valence-electron chi connectivity index (χ4n) is 2.94. The lowest BCUT2D eigenvalue weighted by atomic mass is 9.88. The number of piperidine rings is 1. The van der Waals surface area contributed by atoms with Gasteiger partial charge in [0.25, 0.3) is 0 Å². The largest absolute Gasteiger partial charge is 0.315 e. The Hall–Kier alpha value is 0.0500. The summed E-state index contributed by atoms with van der Waals surface area (Å²) in [4.78, 5) is 1.43. The van der Waals surface area contributed by atoms with E-state index in [1.54, 1.807) is 10.4 Å². The predicted octanol–water partition coefficient (Wildman–Crippen LogP) is 3.29. The van der Waals surface area contributed by atoms with Crippen molar-refractivity contribution in [1.29, 1.82) is 0 Å². The lowest BCUT2D eigenvalue weighted by Crippen LogP contribution is -2.48. The Kier molecular flexibility index (Phi) is 5.52. The highest BCUT2D eigenvalue weighted by Gasteiger charge is 2.38. The summed E-state index contributed by atoms with van der Waals surface area (Å²) in [6, 6.07) is 1.84. The lowest BCUT2D eigenvalue weighted by Gasteiger charge is -2.39. The molecular formula is C14H23BrN2O2S2. The Morgan fingerprint density at radius 3 is 2.71 bits per heavy atom. The third-order valence-corrected chi connectivity index (χ3v) is 8.39. The van der Waals surface area contributed by atoms with Crippen LogP contribution in [0.3, 0.4) is 0 Å². The monoisotopic (exact) mass is 394 g/mol. The molecule has 0 bridgehead atoms. The van der Waals surface area contributed by atoms with E-state index in [9.17, 15) is 8.42 Å². The number of nitrogens with one attached hydrogen (secondary N) is 1. The summed E-state index contributed by atoms with van der Waals surface area (Å²) in [5.74, 6) is 0.790. The molecule has 3 unspecified atom stereocenters. The SMILES string of the molecule is CNCc1cc(S(=O)(=O)N2CC(C)CC(C)C2C)c(Br)s1. The summed E-state index contributed by atoms with van der Waals surface area (Å²) in [6.45, 7) is 7.57. The highest BCUT2D eigenvalue weighted by atomic mass is 79.9. The van der Waals surface area contributed by atoms with Gasteiger partial charge >= 0.3 is 0 Å². The zero-order valence-corrected chi connectivity index (χ0v) is 16.1. The minimum atomic E-state index is -3.44. The molecule has 4 nitrogen and oxygen atoms in total. The van der Waals surface area contributed by atoms with E-state index in [1.165, 1.54) is 11.3 Å². The molecule has 1 fully saturated rings. The molecule has 21 heavy (non-hydrogen) atoms. The molecule has 1 aromatic heterocycles. The molecule has 0 aromatic carbocycles. The van der Waals surface area contributed by atoms with Gasteiger partial charge in [0.15, 0.2) is 0 Å². The highest BCUT2D eigenvalue weighted by Crippen LogP contribution is 2.37. The molecule has 1 aliphatic rings. The van der Waals surface area contributed by atoms with E-state index in [-0.39, 0.29) is 6.04 Å². The van der Waals surface area contributed by atoms with E-state index in [4.69, 9.17) is 0 Å². The van der Waals surface area contributed by atoms with Gasteiger partial charge in [-0.1, -0.05) is 13.8 Å². The van der Waals surface area contributed by atoms with Crippen LogP contribution in [0.25, 0.3) is 0 Å². The van der Waals surface area contributed by atoms with Gasteiger partial charge in [-0.25, -0.2) is 8.42 Å². The van der Waals surface area contributed by atoms with Gasteiger partial charge in [0.2, 0.25) is 10.0 Å². The van der Waals surface area contributed by atoms with Crippen LogP contribution in [0.5, 0.6) is 0 Å². The molecule has 7 heteroatoms. The maximum atomic E-state index is 13.0. The number of sulfonamides is 1. The molecule has 0 aliphatic carbocycles. The molecular weight excluding hydrogens is 372 g/mol. The molecule has 0 radical (unpaired) electrons. The summed E-state index contributed by atoms with van der Waals surface area (Å²) >= 11 is 4.91. The van der Waals surface area contributed by atoms with Gasteiger partial charge in [-0.05, 0) is 54.2 Å². The molecule has 1 aliphatic heterocycles. The van der Waals surface area contributed by atoms with E-state index in [2.05, 4.69) is 35.1 Å². The van der Waals surface area contributed by atoms with Gasteiger partial charge in [0, 0.05) is 24.0 Å². The van der Waals surface area contributed by atoms with Gasteiger partial charge in [0.1, 0.15) is 4.90 Å². The maximum Gasteiger partial charge on any atom is 0.245 e. The Morgan fingerprint density at radius 2 is 2.10 bits per heavy atom. The second kappa shape index (κ2) is 6.66. The van der Waals surface area contributed by atoms with Crippen molar-refractivity contribution in [2.75, 3.05) is 13.6 Å². The third kappa shape index (κ3) is 3.52. The second-order valence-corrected chi connectivity index (χ2v) is 10.3. The van der Waals surface area contributed by atoms with E-state index in [0.29, 0.717) is 33.6 Å². The first-order valence-electron chi connectivity index (χ1n) is 7.22. The van der Waals surface area contributed by atoms with Crippen molar-refractivity contribution in [3.63, 3.8) is 0 Å². The third-order valence-electron chi connectivity index (χ3n) is 4.19. The Morgan fingerprint density at radius 1 is 1.43 bits per heavy atom. The summed E-state index contributed by atoms with van der Waals surface area (Å²) in [5.41, 5.74) is 0. The second-order valence-electron chi connectivity index (χ2n) is 6.01. The van der Waals surface area contributed by atoms with E-state index >= 15 is 0 Å². The van der Waals surface area contributed by atoms with Crippen molar-refractivity contribution in [3.05, 3.63) is 14.7 Å². The molecule has 1 N–H and O–H groups in total. The van der Waals surface area contributed by atoms with Gasteiger partial charge in [0.05, 0.1) is 3.79 Å². The topological polar surface area (TPSA) is 49.4 Å². The van der Waals surface area contributed by atoms with Crippen molar-refractivity contribution in [2.24, 2.45) is 11.8 Å². The summed E-state index contributed by atoms with van der Waals surface area (Å²) < 4.78 is 28.4. The van der Waals surface area contributed by atoms with Crippen molar-refractivity contribution >= 4 is 37.3 Å². The van der Waals surface area contributed by atoms with Gasteiger partial charge in [-0.2, -0.15) is 4.31 Å². The smallest absolute Gasteiger partial charge is 0.245 e. The molecule has 0 saturated carbocycles. The number of rotatable bonds is 4. The number of thiophene rings is 1. The van der Waals surface area contributed by atoms with Crippen molar-refractivity contribution in [1.82, 2.24) is 9.62 Å². The first-order valence-corrected chi connectivity index (χ1v) is 10.3.